The normalized spacial score (nSPS) is 27.3. The van der Waals surface area contributed by atoms with Crippen LogP contribution < -0.4 is 10.6 Å². The van der Waals surface area contributed by atoms with E-state index in [-0.39, 0.29) is 0 Å². The summed E-state index contributed by atoms with van der Waals surface area (Å²) in [6.07, 6.45) is 1.24. The fraction of sp³-hybridized carbons (Fsp3) is 1.00. The minimum Gasteiger partial charge on any atom is -0.320 e. The largest absolute Gasteiger partial charge is 0.320 e. The highest BCUT2D eigenvalue weighted by atomic mass is 15.2. The zero-order valence-electron chi connectivity index (χ0n) is 7.56. The zero-order valence-corrected chi connectivity index (χ0v) is 7.56. The van der Waals surface area contributed by atoms with Crippen LogP contribution in [0, 0.1) is 0 Å². The lowest BCUT2D eigenvalue weighted by Crippen LogP contribution is -2.49. The van der Waals surface area contributed by atoms with Crippen LogP contribution in [0.3, 0.4) is 0 Å². The summed E-state index contributed by atoms with van der Waals surface area (Å²) < 4.78 is 0. The molecular formula is C8H19N3. The van der Waals surface area contributed by atoms with Crippen LogP contribution in [0.15, 0.2) is 0 Å². The SMILES string of the molecule is CNCC[C@@H]1CN(C)CCN1. The molecule has 0 radical (unpaired) electrons. The van der Waals surface area contributed by atoms with Gasteiger partial charge < -0.3 is 15.5 Å². The molecule has 3 heteroatoms. The molecule has 0 aromatic rings. The van der Waals surface area contributed by atoms with Crippen molar-refractivity contribution in [2.45, 2.75) is 12.5 Å². The number of hydrogen-bond donors (Lipinski definition) is 2. The highest BCUT2D eigenvalue weighted by Crippen LogP contribution is 1.98. The van der Waals surface area contributed by atoms with E-state index < -0.39 is 0 Å². The van der Waals surface area contributed by atoms with Gasteiger partial charge >= 0.3 is 0 Å². The second-order valence-corrected chi connectivity index (χ2v) is 3.31. The predicted octanol–water partition coefficient (Wildman–Crippen LogP) is -0.500. The van der Waals surface area contributed by atoms with Crippen LogP contribution in [0.2, 0.25) is 0 Å². The van der Waals surface area contributed by atoms with Crippen molar-refractivity contribution in [1.29, 1.82) is 0 Å². The lowest BCUT2D eigenvalue weighted by molar-refractivity contribution is 0.232. The number of nitrogens with zero attached hydrogens (tertiary/aromatic N) is 1. The van der Waals surface area contributed by atoms with Gasteiger partial charge in [-0.15, -0.1) is 0 Å². The lowest BCUT2D eigenvalue weighted by atomic mass is 10.1. The number of nitrogens with one attached hydrogen (secondary N) is 2. The molecule has 66 valence electrons. The Balaban J connectivity index is 2.12. The molecule has 0 unspecified atom stereocenters. The van der Waals surface area contributed by atoms with Gasteiger partial charge in [-0.3, -0.25) is 0 Å². The van der Waals surface area contributed by atoms with E-state index in [1.54, 1.807) is 0 Å². The Morgan fingerprint density at radius 3 is 3.09 bits per heavy atom. The van der Waals surface area contributed by atoms with Gasteiger partial charge in [-0.2, -0.15) is 0 Å². The van der Waals surface area contributed by atoms with E-state index in [2.05, 4.69) is 22.6 Å². The maximum atomic E-state index is 3.50. The first-order valence-corrected chi connectivity index (χ1v) is 4.39. The van der Waals surface area contributed by atoms with Crippen LogP contribution in [-0.2, 0) is 0 Å². The zero-order chi connectivity index (χ0) is 8.10. The molecule has 1 saturated heterocycles. The predicted molar refractivity (Wildman–Crippen MR) is 47.8 cm³/mol. The van der Waals surface area contributed by atoms with E-state index >= 15 is 0 Å². The molecular weight excluding hydrogens is 138 g/mol. The minimum atomic E-state index is 0.696. The van der Waals surface area contributed by atoms with Gasteiger partial charge in [-0.05, 0) is 27.1 Å². The molecule has 0 saturated carbocycles. The Bertz CT molecular complexity index is 106. The highest BCUT2D eigenvalue weighted by molar-refractivity contribution is 4.76. The lowest BCUT2D eigenvalue weighted by Gasteiger charge is -2.30. The second-order valence-electron chi connectivity index (χ2n) is 3.31. The van der Waals surface area contributed by atoms with Crippen molar-refractivity contribution in [1.82, 2.24) is 15.5 Å². The van der Waals surface area contributed by atoms with Crippen molar-refractivity contribution >= 4 is 0 Å². The maximum Gasteiger partial charge on any atom is 0.0207 e. The van der Waals surface area contributed by atoms with Crippen LogP contribution in [0.5, 0.6) is 0 Å². The fourth-order valence-corrected chi connectivity index (χ4v) is 1.50. The molecule has 11 heavy (non-hydrogen) atoms. The monoisotopic (exact) mass is 157 g/mol. The van der Waals surface area contributed by atoms with E-state index in [4.69, 9.17) is 0 Å². The van der Waals surface area contributed by atoms with Crippen LogP contribution in [0.25, 0.3) is 0 Å². The molecule has 3 nitrogen and oxygen atoms in total. The third-order valence-corrected chi connectivity index (χ3v) is 2.20. The Morgan fingerprint density at radius 1 is 1.64 bits per heavy atom. The molecule has 0 spiro atoms. The summed E-state index contributed by atoms with van der Waals surface area (Å²) in [4.78, 5) is 2.39. The molecule has 1 rings (SSSR count). The second kappa shape index (κ2) is 4.70. The van der Waals surface area contributed by atoms with Gasteiger partial charge in [0.25, 0.3) is 0 Å². The molecule has 1 aliphatic rings. The molecule has 2 N–H and O–H groups in total. The Hall–Kier alpha value is -0.120. The van der Waals surface area contributed by atoms with Gasteiger partial charge in [0.05, 0.1) is 0 Å². The molecule has 0 aromatic heterocycles. The standard InChI is InChI=1S/C8H19N3/c1-9-4-3-8-7-11(2)6-5-10-8/h8-10H,3-7H2,1-2H3/t8-/m1/s1. The summed E-state index contributed by atoms with van der Waals surface area (Å²) in [5, 5.41) is 6.67. The summed E-state index contributed by atoms with van der Waals surface area (Å²) in [5.74, 6) is 0. The number of likely N-dealkylation sites (N-methyl/N-ethyl adjacent to an activating group) is 1. The van der Waals surface area contributed by atoms with Gasteiger partial charge in [0.2, 0.25) is 0 Å². The van der Waals surface area contributed by atoms with Crippen LogP contribution >= 0.6 is 0 Å². The van der Waals surface area contributed by atoms with E-state index in [0.717, 1.165) is 13.1 Å². The third-order valence-electron chi connectivity index (χ3n) is 2.20. The van der Waals surface area contributed by atoms with Crippen molar-refractivity contribution in [3.63, 3.8) is 0 Å². The first kappa shape index (κ1) is 8.97. The molecule has 1 heterocycles. The first-order chi connectivity index (χ1) is 5.33. The molecule has 1 atom stereocenters. The molecule has 0 bridgehead atoms. The average Bonchev–Trinajstić information content (AvgIpc) is 2.01. The minimum absolute atomic E-state index is 0.696. The number of hydrogen-bond acceptors (Lipinski definition) is 3. The number of piperazine rings is 1. The van der Waals surface area contributed by atoms with E-state index in [9.17, 15) is 0 Å². The Morgan fingerprint density at radius 2 is 2.45 bits per heavy atom. The van der Waals surface area contributed by atoms with Crippen LogP contribution in [-0.4, -0.2) is 51.2 Å². The highest BCUT2D eigenvalue weighted by Gasteiger charge is 2.14. The molecule has 0 amide bonds. The summed E-state index contributed by atoms with van der Waals surface area (Å²) in [7, 11) is 4.19. The number of rotatable bonds is 3. The van der Waals surface area contributed by atoms with Crippen LogP contribution in [0.4, 0.5) is 0 Å². The van der Waals surface area contributed by atoms with Gasteiger partial charge in [0.1, 0.15) is 0 Å². The topological polar surface area (TPSA) is 27.3 Å². The smallest absolute Gasteiger partial charge is 0.0207 e. The summed E-state index contributed by atoms with van der Waals surface area (Å²) in [5.41, 5.74) is 0. The summed E-state index contributed by atoms with van der Waals surface area (Å²) in [6.45, 7) is 4.65. The molecule has 0 aliphatic carbocycles. The third kappa shape index (κ3) is 3.18. The van der Waals surface area contributed by atoms with Gasteiger partial charge in [-0.25, -0.2) is 0 Å². The quantitative estimate of drug-likeness (QED) is 0.578. The van der Waals surface area contributed by atoms with Gasteiger partial charge in [-0.1, -0.05) is 0 Å². The van der Waals surface area contributed by atoms with E-state index in [1.807, 2.05) is 7.05 Å². The van der Waals surface area contributed by atoms with Gasteiger partial charge in [0, 0.05) is 25.7 Å². The van der Waals surface area contributed by atoms with Crippen molar-refractivity contribution in [3.05, 3.63) is 0 Å². The Kier molecular flexibility index (Phi) is 3.83. The first-order valence-electron chi connectivity index (χ1n) is 4.39. The average molecular weight is 157 g/mol. The van der Waals surface area contributed by atoms with E-state index in [1.165, 1.54) is 19.5 Å². The maximum absolute atomic E-state index is 3.50. The van der Waals surface area contributed by atoms with Crippen molar-refractivity contribution < 1.29 is 0 Å². The van der Waals surface area contributed by atoms with Crippen LogP contribution in [0.1, 0.15) is 6.42 Å². The molecule has 1 fully saturated rings. The van der Waals surface area contributed by atoms with Crippen molar-refractivity contribution in [3.8, 4) is 0 Å². The van der Waals surface area contributed by atoms with Crippen molar-refractivity contribution in [2.75, 3.05) is 40.3 Å². The Labute approximate surface area is 69.1 Å². The molecule has 1 aliphatic heterocycles. The van der Waals surface area contributed by atoms with Crippen molar-refractivity contribution in [2.24, 2.45) is 0 Å². The molecule has 0 aromatic carbocycles. The van der Waals surface area contributed by atoms with E-state index in [0.29, 0.717) is 6.04 Å². The van der Waals surface area contributed by atoms with Gasteiger partial charge in [0.15, 0.2) is 0 Å². The summed E-state index contributed by atoms with van der Waals surface area (Å²) in [6, 6.07) is 0.696. The fourth-order valence-electron chi connectivity index (χ4n) is 1.50. The summed E-state index contributed by atoms with van der Waals surface area (Å²) >= 11 is 0.